The van der Waals surface area contributed by atoms with Crippen LogP contribution in [0.15, 0.2) is 29.2 Å². The van der Waals surface area contributed by atoms with E-state index < -0.39 is 10.1 Å². The van der Waals surface area contributed by atoms with Gasteiger partial charge in [-0.3, -0.25) is 4.55 Å². The first-order chi connectivity index (χ1) is 8.34. The maximum Gasteiger partial charge on any atom is 0.296 e. The number of rotatable bonds is 2. The van der Waals surface area contributed by atoms with E-state index in [0.717, 1.165) is 5.56 Å². The lowest BCUT2D eigenvalue weighted by molar-refractivity contribution is 0.473. The minimum absolute atomic E-state index is 0.00569. The standard InChI is InChI=1S/C12H13NO4S/c1-7-3-4-9-8(5-7)6-10(18(15,16)17)11(13-2)12(9)14/h3-6,13-14H,1-2H3,(H,15,16,17). The van der Waals surface area contributed by atoms with Crippen LogP contribution in [0.1, 0.15) is 5.56 Å². The van der Waals surface area contributed by atoms with Crippen molar-refractivity contribution in [3.63, 3.8) is 0 Å². The minimum atomic E-state index is -4.39. The van der Waals surface area contributed by atoms with Gasteiger partial charge in [0.25, 0.3) is 10.1 Å². The van der Waals surface area contributed by atoms with Gasteiger partial charge in [-0.1, -0.05) is 23.8 Å². The fourth-order valence-corrected chi connectivity index (χ4v) is 2.66. The van der Waals surface area contributed by atoms with Gasteiger partial charge in [0.1, 0.15) is 10.6 Å². The number of aryl methyl sites for hydroxylation is 1. The molecule has 0 heterocycles. The Morgan fingerprint density at radius 2 is 1.89 bits per heavy atom. The summed E-state index contributed by atoms with van der Waals surface area (Å²) in [5.74, 6) is -0.192. The summed E-state index contributed by atoms with van der Waals surface area (Å²) in [7, 11) is -2.92. The zero-order valence-corrected chi connectivity index (χ0v) is 10.7. The Balaban J connectivity index is 2.95. The molecule has 0 aliphatic heterocycles. The fraction of sp³-hybridized carbons (Fsp3) is 0.167. The highest BCUT2D eigenvalue weighted by Crippen LogP contribution is 2.38. The Hall–Kier alpha value is -1.79. The second kappa shape index (κ2) is 4.15. The van der Waals surface area contributed by atoms with Crippen LogP contribution in [-0.4, -0.2) is 25.1 Å². The van der Waals surface area contributed by atoms with Crippen LogP contribution >= 0.6 is 0 Å². The van der Waals surface area contributed by atoms with Crippen molar-refractivity contribution in [3.8, 4) is 5.75 Å². The molecule has 0 unspecified atom stereocenters. The van der Waals surface area contributed by atoms with Crippen molar-refractivity contribution >= 4 is 26.6 Å². The Bertz CT molecular complexity index is 722. The van der Waals surface area contributed by atoms with E-state index in [9.17, 15) is 18.1 Å². The Kier molecular flexibility index (Phi) is 2.92. The van der Waals surface area contributed by atoms with E-state index in [4.69, 9.17) is 0 Å². The largest absolute Gasteiger partial charge is 0.505 e. The van der Waals surface area contributed by atoms with Gasteiger partial charge in [0.15, 0.2) is 0 Å². The molecule has 0 atom stereocenters. The molecule has 0 aliphatic rings. The molecule has 3 N–H and O–H groups in total. The summed E-state index contributed by atoms with van der Waals surface area (Å²) in [5.41, 5.74) is 0.925. The lowest BCUT2D eigenvalue weighted by Crippen LogP contribution is -2.04. The molecule has 0 radical (unpaired) electrons. The molecule has 0 amide bonds. The van der Waals surface area contributed by atoms with Gasteiger partial charge in [-0.05, 0) is 18.4 Å². The number of fused-ring (bicyclic) bond motifs is 1. The molecule has 0 aliphatic carbocycles. The number of hydrogen-bond donors (Lipinski definition) is 3. The summed E-state index contributed by atoms with van der Waals surface area (Å²) in [6.07, 6.45) is 0. The average Bonchev–Trinajstić information content (AvgIpc) is 2.27. The van der Waals surface area contributed by atoms with Gasteiger partial charge in [0, 0.05) is 12.4 Å². The molecule has 0 spiro atoms. The molecule has 0 bridgehead atoms. The quantitative estimate of drug-likeness (QED) is 0.573. The molecular weight excluding hydrogens is 254 g/mol. The summed E-state index contributed by atoms with van der Waals surface area (Å²) < 4.78 is 31.8. The summed E-state index contributed by atoms with van der Waals surface area (Å²) in [6, 6.07) is 6.59. The summed E-state index contributed by atoms with van der Waals surface area (Å²) >= 11 is 0. The van der Waals surface area contributed by atoms with E-state index in [1.165, 1.54) is 13.1 Å². The molecule has 0 saturated heterocycles. The number of phenols is 1. The third-order valence-electron chi connectivity index (χ3n) is 2.76. The highest BCUT2D eigenvalue weighted by atomic mass is 32.2. The van der Waals surface area contributed by atoms with Crippen LogP contribution in [0.2, 0.25) is 0 Å². The van der Waals surface area contributed by atoms with Gasteiger partial charge in [0.05, 0.1) is 5.69 Å². The van der Waals surface area contributed by atoms with E-state index in [0.29, 0.717) is 10.8 Å². The second-order valence-corrected chi connectivity index (χ2v) is 5.44. The minimum Gasteiger partial charge on any atom is -0.505 e. The van der Waals surface area contributed by atoms with Gasteiger partial charge >= 0.3 is 0 Å². The van der Waals surface area contributed by atoms with Crippen molar-refractivity contribution in [2.75, 3.05) is 12.4 Å². The van der Waals surface area contributed by atoms with Crippen molar-refractivity contribution in [1.29, 1.82) is 0 Å². The Morgan fingerprint density at radius 1 is 1.22 bits per heavy atom. The maximum absolute atomic E-state index is 11.3. The third kappa shape index (κ3) is 2.00. The first-order valence-corrected chi connectivity index (χ1v) is 6.70. The summed E-state index contributed by atoms with van der Waals surface area (Å²) in [5, 5.41) is 13.7. The third-order valence-corrected chi connectivity index (χ3v) is 3.64. The molecule has 2 aromatic rings. The molecule has 0 saturated carbocycles. The van der Waals surface area contributed by atoms with Crippen LogP contribution in [0.25, 0.3) is 10.8 Å². The van der Waals surface area contributed by atoms with Crippen LogP contribution < -0.4 is 5.32 Å². The molecule has 6 heteroatoms. The molecule has 0 aromatic heterocycles. The predicted octanol–water partition coefficient (Wildman–Crippen LogP) is 2.14. The average molecular weight is 267 g/mol. The number of nitrogens with one attached hydrogen (secondary N) is 1. The summed E-state index contributed by atoms with van der Waals surface area (Å²) in [6.45, 7) is 1.86. The van der Waals surface area contributed by atoms with E-state index >= 15 is 0 Å². The second-order valence-electron chi connectivity index (χ2n) is 4.05. The highest BCUT2D eigenvalue weighted by molar-refractivity contribution is 7.86. The van der Waals surface area contributed by atoms with Gasteiger partial charge in [-0.2, -0.15) is 8.42 Å². The van der Waals surface area contributed by atoms with Crippen LogP contribution in [0, 0.1) is 6.92 Å². The lowest BCUT2D eigenvalue weighted by atomic mass is 10.1. The molecule has 96 valence electrons. The first-order valence-electron chi connectivity index (χ1n) is 5.26. The van der Waals surface area contributed by atoms with Crippen molar-refractivity contribution in [3.05, 3.63) is 29.8 Å². The molecule has 5 nitrogen and oxygen atoms in total. The van der Waals surface area contributed by atoms with E-state index in [-0.39, 0.29) is 16.3 Å². The van der Waals surface area contributed by atoms with E-state index in [1.807, 2.05) is 13.0 Å². The zero-order chi connectivity index (χ0) is 13.5. The van der Waals surface area contributed by atoms with Gasteiger partial charge in [-0.15, -0.1) is 0 Å². The van der Waals surface area contributed by atoms with Crippen molar-refractivity contribution in [2.24, 2.45) is 0 Å². The van der Waals surface area contributed by atoms with Crippen molar-refractivity contribution in [2.45, 2.75) is 11.8 Å². The number of anilines is 1. The summed E-state index contributed by atoms with van der Waals surface area (Å²) in [4.78, 5) is -0.333. The molecule has 2 rings (SSSR count). The number of benzene rings is 2. The van der Waals surface area contributed by atoms with Gasteiger partial charge < -0.3 is 10.4 Å². The van der Waals surface area contributed by atoms with Crippen LogP contribution in [0.5, 0.6) is 5.75 Å². The SMILES string of the molecule is CNc1c(S(=O)(=O)O)cc2cc(C)ccc2c1O. The Morgan fingerprint density at radius 3 is 2.44 bits per heavy atom. The van der Waals surface area contributed by atoms with Crippen molar-refractivity contribution in [1.82, 2.24) is 0 Å². The first kappa shape index (κ1) is 12.7. The van der Waals surface area contributed by atoms with Gasteiger partial charge in [-0.25, -0.2) is 0 Å². The van der Waals surface area contributed by atoms with Crippen LogP contribution in [-0.2, 0) is 10.1 Å². The number of phenolic OH excluding ortho intramolecular Hbond substituents is 1. The number of hydrogen-bond acceptors (Lipinski definition) is 4. The van der Waals surface area contributed by atoms with Crippen LogP contribution in [0.4, 0.5) is 5.69 Å². The maximum atomic E-state index is 11.3. The smallest absolute Gasteiger partial charge is 0.296 e. The topological polar surface area (TPSA) is 86.6 Å². The fourth-order valence-electron chi connectivity index (χ4n) is 1.93. The molecule has 2 aromatic carbocycles. The molecule has 18 heavy (non-hydrogen) atoms. The van der Waals surface area contributed by atoms with E-state index in [1.54, 1.807) is 12.1 Å². The van der Waals surface area contributed by atoms with Gasteiger partial charge in [0.2, 0.25) is 0 Å². The molecular formula is C12H13NO4S. The number of aromatic hydroxyl groups is 1. The Labute approximate surface area is 105 Å². The lowest BCUT2D eigenvalue weighted by Gasteiger charge is -2.12. The monoisotopic (exact) mass is 267 g/mol. The van der Waals surface area contributed by atoms with Crippen LogP contribution in [0.3, 0.4) is 0 Å². The zero-order valence-electron chi connectivity index (χ0n) is 9.93. The predicted molar refractivity (Wildman–Crippen MR) is 69.7 cm³/mol. The van der Waals surface area contributed by atoms with E-state index in [2.05, 4.69) is 5.32 Å². The normalized spacial score (nSPS) is 11.7. The highest BCUT2D eigenvalue weighted by Gasteiger charge is 2.20. The van der Waals surface area contributed by atoms with Crippen molar-refractivity contribution < 1.29 is 18.1 Å². The molecule has 0 fully saturated rings.